The van der Waals surface area contributed by atoms with E-state index in [1.165, 1.54) is 18.2 Å². The number of hydrogen-bond donors (Lipinski definition) is 2. The van der Waals surface area contributed by atoms with E-state index in [0.29, 0.717) is 28.7 Å². The van der Waals surface area contributed by atoms with Crippen molar-refractivity contribution in [3.8, 4) is 0 Å². The molecule has 0 aliphatic carbocycles. The lowest BCUT2D eigenvalue weighted by molar-refractivity contribution is 0.281. The van der Waals surface area contributed by atoms with E-state index >= 15 is 0 Å². The van der Waals surface area contributed by atoms with Crippen molar-refractivity contribution in [3.05, 3.63) is 46.6 Å². The molecule has 0 amide bonds. The van der Waals surface area contributed by atoms with Gasteiger partial charge in [0.05, 0.1) is 24.2 Å². The van der Waals surface area contributed by atoms with Crippen LogP contribution >= 0.6 is 11.6 Å². The van der Waals surface area contributed by atoms with Crippen molar-refractivity contribution in [2.75, 3.05) is 0 Å². The molecule has 6 nitrogen and oxygen atoms in total. The molecule has 2 aromatic rings. The second-order valence-corrected chi connectivity index (χ2v) is 6.48. The first-order valence-corrected chi connectivity index (χ1v) is 8.15. The number of aryl methyl sites for hydroxylation is 1. The molecule has 0 atom stereocenters. The van der Waals surface area contributed by atoms with Crippen LogP contribution < -0.4 is 4.72 Å². The Morgan fingerprint density at radius 1 is 1.43 bits per heavy atom. The fourth-order valence-corrected chi connectivity index (χ4v) is 2.87. The standard InChI is InChI=1S/C13H15ClN2O4S/c1-2-10-6-15-13(20-10)7-16-21(18,19)11-3-4-12(14)9(5-11)8-17/h3-6,16-17H,2,7-8H2,1H3. The third kappa shape index (κ3) is 3.82. The molecule has 1 aromatic heterocycles. The number of aliphatic hydroxyl groups is 1. The smallest absolute Gasteiger partial charge is 0.241 e. The zero-order valence-electron chi connectivity index (χ0n) is 11.3. The molecule has 0 saturated heterocycles. The second-order valence-electron chi connectivity index (χ2n) is 4.31. The maximum Gasteiger partial charge on any atom is 0.241 e. The molecule has 0 fully saturated rings. The van der Waals surface area contributed by atoms with Crippen molar-refractivity contribution in [3.63, 3.8) is 0 Å². The largest absolute Gasteiger partial charge is 0.444 e. The summed E-state index contributed by atoms with van der Waals surface area (Å²) in [5.41, 5.74) is 0.351. The van der Waals surface area contributed by atoms with Crippen molar-refractivity contribution < 1.29 is 17.9 Å². The molecule has 21 heavy (non-hydrogen) atoms. The van der Waals surface area contributed by atoms with E-state index in [2.05, 4.69) is 9.71 Å². The minimum absolute atomic E-state index is 0.0261. The van der Waals surface area contributed by atoms with Crippen molar-refractivity contribution in [1.82, 2.24) is 9.71 Å². The van der Waals surface area contributed by atoms with E-state index in [0.717, 1.165) is 0 Å². The summed E-state index contributed by atoms with van der Waals surface area (Å²) in [5.74, 6) is 0.991. The van der Waals surface area contributed by atoms with Crippen LogP contribution in [-0.4, -0.2) is 18.5 Å². The van der Waals surface area contributed by atoms with Crippen molar-refractivity contribution >= 4 is 21.6 Å². The van der Waals surface area contributed by atoms with E-state index in [4.69, 9.17) is 21.1 Å². The molecule has 0 radical (unpaired) electrons. The third-order valence-electron chi connectivity index (χ3n) is 2.86. The molecule has 2 N–H and O–H groups in total. The molecular formula is C13H15ClN2O4S. The summed E-state index contributed by atoms with van der Waals surface area (Å²) in [6, 6.07) is 4.14. The number of nitrogens with zero attached hydrogens (tertiary/aromatic N) is 1. The van der Waals surface area contributed by atoms with Gasteiger partial charge in [-0.05, 0) is 23.8 Å². The average Bonchev–Trinajstić information content (AvgIpc) is 2.93. The monoisotopic (exact) mass is 330 g/mol. The summed E-state index contributed by atoms with van der Waals surface area (Å²) in [7, 11) is -3.73. The minimum atomic E-state index is -3.73. The Kier molecular flexibility index (Phi) is 5.00. The zero-order valence-corrected chi connectivity index (χ0v) is 12.9. The highest BCUT2D eigenvalue weighted by atomic mass is 35.5. The highest BCUT2D eigenvalue weighted by molar-refractivity contribution is 7.89. The van der Waals surface area contributed by atoms with Gasteiger partial charge in [-0.2, -0.15) is 0 Å². The van der Waals surface area contributed by atoms with E-state index in [1.54, 1.807) is 6.20 Å². The van der Waals surface area contributed by atoms with Gasteiger partial charge < -0.3 is 9.52 Å². The molecule has 0 aliphatic heterocycles. The first-order valence-electron chi connectivity index (χ1n) is 6.28. The van der Waals surface area contributed by atoms with Gasteiger partial charge in [-0.3, -0.25) is 0 Å². The van der Waals surface area contributed by atoms with Gasteiger partial charge >= 0.3 is 0 Å². The summed E-state index contributed by atoms with van der Waals surface area (Å²) in [5, 5.41) is 9.44. The normalized spacial score (nSPS) is 11.8. The first-order chi connectivity index (χ1) is 9.96. The molecule has 1 heterocycles. The van der Waals surface area contributed by atoms with Crippen LogP contribution in [0.1, 0.15) is 24.1 Å². The topological polar surface area (TPSA) is 92.4 Å². The van der Waals surface area contributed by atoms with Gasteiger partial charge in [-0.15, -0.1) is 0 Å². The number of aromatic nitrogens is 1. The maximum atomic E-state index is 12.2. The Morgan fingerprint density at radius 3 is 2.81 bits per heavy atom. The number of aliphatic hydroxyl groups excluding tert-OH is 1. The average molecular weight is 331 g/mol. The predicted octanol–water partition coefficient (Wildman–Crippen LogP) is 1.86. The van der Waals surface area contributed by atoms with Gasteiger partial charge in [0.25, 0.3) is 0 Å². The number of nitrogens with one attached hydrogen (secondary N) is 1. The Hall–Kier alpha value is -1.41. The number of oxazole rings is 1. The van der Waals surface area contributed by atoms with Gasteiger partial charge in [0.1, 0.15) is 5.76 Å². The summed E-state index contributed by atoms with van der Waals surface area (Å²) < 4.78 is 32.0. The Bertz CT molecular complexity index is 728. The molecule has 0 bridgehead atoms. The highest BCUT2D eigenvalue weighted by Crippen LogP contribution is 2.20. The zero-order chi connectivity index (χ0) is 15.5. The van der Waals surface area contributed by atoms with Crippen LogP contribution in [0.5, 0.6) is 0 Å². The number of halogens is 1. The molecule has 2 rings (SSSR count). The minimum Gasteiger partial charge on any atom is -0.444 e. The van der Waals surface area contributed by atoms with Crippen LogP contribution in [0.25, 0.3) is 0 Å². The van der Waals surface area contributed by atoms with Crippen molar-refractivity contribution in [2.24, 2.45) is 0 Å². The van der Waals surface area contributed by atoms with E-state index < -0.39 is 10.0 Å². The third-order valence-corrected chi connectivity index (χ3v) is 4.63. The molecule has 114 valence electrons. The molecule has 0 unspecified atom stereocenters. The van der Waals surface area contributed by atoms with E-state index in [-0.39, 0.29) is 18.0 Å². The predicted molar refractivity (Wildman–Crippen MR) is 77.3 cm³/mol. The SMILES string of the molecule is CCc1cnc(CNS(=O)(=O)c2ccc(Cl)c(CO)c2)o1. The summed E-state index contributed by atoms with van der Waals surface area (Å²) in [6.07, 6.45) is 2.26. The van der Waals surface area contributed by atoms with Gasteiger partial charge in [-0.25, -0.2) is 18.1 Å². The van der Waals surface area contributed by atoms with Crippen LogP contribution in [-0.2, 0) is 29.6 Å². The van der Waals surface area contributed by atoms with Crippen LogP contribution in [0.4, 0.5) is 0 Å². The Balaban J connectivity index is 2.14. The summed E-state index contributed by atoms with van der Waals surface area (Å²) >= 11 is 5.84. The Labute approximate surface area is 127 Å². The second kappa shape index (κ2) is 6.57. The van der Waals surface area contributed by atoms with Crippen molar-refractivity contribution in [2.45, 2.75) is 31.4 Å². The molecular weight excluding hydrogens is 316 g/mol. The maximum absolute atomic E-state index is 12.2. The highest BCUT2D eigenvalue weighted by Gasteiger charge is 2.16. The number of benzene rings is 1. The number of sulfonamides is 1. The first kappa shape index (κ1) is 16.0. The van der Waals surface area contributed by atoms with Crippen LogP contribution in [0.2, 0.25) is 5.02 Å². The number of hydrogen-bond acceptors (Lipinski definition) is 5. The van der Waals surface area contributed by atoms with Crippen LogP contribution in [0.3, 0.4) is 0 Å². The molecule has 0 aliphatic rings. The van der Waals surface area contributed by atoms with Crippen LogP contribution in [0, 0.1) is 0 Å². The Morgan fingerprint density at radius 2 is 2.19 bits per heavy atom. The van der Waals surface area contributed by atoms with Gasteiger partial charge in [0.2, 0.25) is 15.9 Å². The lowest BCUT2D eigenvalue weighted by atomic mass is 10.2. The van der Waals surface area contributed by atoms with E-state index in [1.807, 2.05) is 6.92 Å². The quantitative estimate of drug-likeness (QED) is 0.843. The van der Waals surface area contributed by atoms with Gasteiger partial charge in [0, 0.05) is 11.4 Å². The van der Waals surface area contributed by atoms with Gasteiger partial charge in [0.15, 0.2) is 0 Å². The van der Waals surface area contributed by atoms with Crippen LogP contribution in [0.15, 0.2) is 33.7 Å². The fourth-order valence-electron chi connectivity index (χ4n) is 1.67. The lowest BCUT2D eigenvalue weighted by Crippen LogP contribution is -2.23. The molecule has 1 aromatic carbocycles. The van der Waals surface area contributed by atoms with Crippen molar-refractivity contribution in [1.29, 1.82) is 0 Å². The molecule has 8 heteroatoms. The molecule has 0 saturated carbocycles. The molecule has 0 spiro atoms. The summed E-state index contributed by atoms with van der Waals surface area (Å²) in [4.78, 5) is 4.00. The summed E-state index contributed by atoms with van der Waals surface area (Å²) in [6.45, 7) is 1.54. The van der Waals surface area contributed by atoms with E-state index in [9.17, 15) is 8.42 Å². The van der Waals surface area contributed by atoms with Gasteiger partial charge in [-0.1, -0.05) is 18.5 Å². The fraction of sp³-hybridized carbons (Fsp3) is 0.308. The lowest BCUT2D eigenvalue weighted by Gasteiger charge is -2.07. The number of rotatable bonds is 6.